The van der Waals surface area contributed by atoms with Crippen LogP contribution < -0.4 is 15.0 Å². The number of anilines is 1. The maximum atomic E-state index is 12.6. The van der Waals surface area contributed by atoms with Crippen LogP contribution in [0.15, 0.2) is 54.1 Å². The number of carbonyl (C=O) groups is 2. The van der Waals surface area contributed by atoms with Gasteiger partial charge in [-0.25, -0.2) is 4.79 Å². The molecule has 1 aliphatic rings. The maximum absolute atomic E-state index is 12.6. The number of ether oxygens (including phenoxy) is 1. The molecule has 0 radical (unpaired) electrons. The first-order valence-electron chi connectivity index (χ1n) is 6.69. The SMILES string of the molecule is COc1ccc(N2C(=O)NC=CC2C(=O)c2cccs2)cc1. The van der Waals surface area contributed by atoms with E-state index in [2.05, 4.69) is 5.32 Å². The Kier molecular flexibility index (Phi) is 3.93. The Labute approximate surface area is 131 Å². The van der Waals surface area contributed by atoms with Crippen molar-refractivity contribution in [3.05, 3.63) is 58.9 Å². The van der Waals surface area contributed by atoms with Crippen molar-refractivity contribution in [3.63, 3.8) is 0 Å². The number of carbonyl (C=O) groups excluding carboxylic acids is 2. The molecular weight excluding hydrogens is 300 g/mol. The number of amides is 2. The van der Waals surface area contributed by atoms with Crippen molar-refractivity contribution < 1.29 is 14.3 Å². The van der Waals surface area contributed by atoms with Gasteiger partial charge >= 0.3 is 6.03 Å². The van der Waals surface area contributed by atoms with Gasteiger partial charge in [-0.05, 0) is 41.8 Å². The van der Waals surface area contributed by atoms with E-state index in [9.17, 15) is 9.59 Å². The van der Waals surface area contributed by atoms with Crippen LogP contribution in [0.25, 0.3) is 0 Å². The number of nitrogens with one attached hydrogen (secondary N) is 1. The fourth-order valence-corrected chi connectivity index (χ4v) is 2.98. The molecule has 0 aliphatic carbocycles. The molecule has 1 atom stereocenters. The summed E-state index contributed by atoms with van der Waals surface area (Å²) in [5.41, 5.74) is 0.637. The highest BCUT2D eigenvalue weighted by Crippen LogP contribution is 2.25. The topological polar surface area (TPSA) is 58.6 Å². The van der Waals surface area contributed by atoms with Gasteiger partial charge in [0.2, 0.25) is 0 Å². The van der Waals surface area contributed by atoms with Crippen LogP contribution in [-0.2, 0) is 0 Å². The average Bonchev–Trinajstić information content (AvgIpc) is 3.08. The Bertz CT molecular complexity index is 708. The zero-order valence-corrected chi connectivity index (χ0v) is 12.7. The Morgan fingerprint density at radius 2 is 2.05 bits per heavy atom. The first kappa shape index (κ1) is 14.3. The first-order valence-corrected chi connectivity index (χ1v) is 7.57. The first-order chi connectivity index (χ1) is 10.7. The van der Waals surface area contributed by atoms with Gasteiger partial charge in [0.1, 0.15) is 11.8 Å². The number of urea groups is 1. The summed E-state index contributed by atoms with van der Waals surface area (Å²) in [7, 11) is 1.58. The van der Waals surface area contributed by atoms with Gasteiger partial charge in [-0.1, -0.05) is 6.07 Å². The number of Topliss-reactive ketones (excluding diaryl/α,β-unsaturated/α-hetero) is 1. The molecule has 2 heterocycles. The third-order valence-electron chi connectivity index (χ3n) is 3.37. The normalized spacial score (nSPS) is 17.2. The van der Waals surface area contributed by atoms with E-state index >= 15 is 0 Å². The zero-order chi connectivity index (χ0) is 15.5. The Hall–Kier alpha value is -2.60. The van der Waals surface area contributed by atoms with Gasteiger partial charge in [0, 0.05) is 11.9 Å². The van der Waals surface area contributed by atoms with Gasteiger partial charge in [0.25, 0.3) is 0 Å². The van der Waals surface area contributed by atoms with E-state index in [1.807, 2.05) is 11.4 Å². The van der Waals surface area contributed by atoms with Crippen molar-refractivity contribution in [3.8, 4) is 5.75 Å². The van der Waals surface area contributed by atoms with Crippen molar-refractivity contribution in [1.29, 1.82) is 0 Å². The molecule has 1 aromatic heterocycles. The summed E-state index contributed by atoms with van der Waals surface area (Å²) in [5.74, 6) is 0.592. The molecule has 5 nitrogen and oxygen atoms in total. The quantitative estimate of drug-likeness (QED) is 0.882. The predicted octanol–water partition coefficient (Wildman–Crippen LogP) is 3.05. The minimum absolute atomic E-state index is 0.100. The highest BCUT2D eigenvalue weighted by atomic mass is 32.1. The molecular formula is C16H14N2O3S. The van der Waals surface area contributed by atoms with Crippen molar-refractivity contribution in [2.75, 3.05) is 12.0 Å². The van der Waals surface area contributed by atoms with Crippen LogP contribution in [0.5, 0.6) is 5.75 Å². The lowest BCUT2D eigenvalue weighted by Crippen LogP contribution is -2.50. The van der Waals surface area contributed by atoms with Gasteiger partial charge in [0.15, 0.2) is 5.78 Å². The van der Waals surface area contributed by atoms with Crippen LogP contribution in [-0.4, -0.2) is 25.0 Å². The van der Waals surface area contributed by atoms with Crippen LogP contribution in [0.2, 0.25) is 0 Å². The van der Waals surface area contributed by atoms with E-state index in [4.69, 9.17) is 4.74 Å². The van der Waals surface area contributed by atoms with E-state index < -0.39 is 6.04 Å². The van der Waals surface area contributed by atoms with E-state index in [-0.39, 0.29) is 11.8 Å². The maximum Gasteiger partial charge on any atom is 0.326 e. The summed E-state index contributed by atoms with van der Waals surface area (Å²) in [6.45, 7) is 0. The molecule has 0 saturated carbocycles. The third-order valence-corrected chi connectivity index (χ3v) is 4.25. The van der Waals surface area contributed by atoms with Crippen molar-refractivity contribution in [2.24, 2.45) is 0 Å². The van der Waals surface area contributed by atoms with E-state index in [0.29, 0.717) is 16.3 Å². The second kappa shape index (κ2) is 6.03. The molecule has 1 aromatic carbocycles. The fraction of sp³-hybridized carbons (Fsp3) is 0.125. The summed E-state index contributed by atoms with van der Waals surface area (Å²) in [4.78, 5) is 26.9. The molecule has 0 bridgehead atoms. The van der Waals surface area contributed by atoms with Crippen molar-refractivity contribution in [1.82, 2.24) is 5.32 Å². The minimum atomic E-state index is -0.652. The average molecular weight is 314 g/mol. The number of nitrogens with zero attached hydrogens (tertiary/aromatic N) is 1. The predicted molar refractivity (Wildman–Crippen MR) is 85.6 cm³/mol. The number of benzene rings is 1. The highest BCUT2D eigenvalue weighted by Gasteiger charge is 2.32. The molecule has 0 spiro atoms. The van der Waals surface area contributed by atoms with E-state index in [0.717, 1.165) is 0 Å². The van der Waals surface area contributed by atoms with Crippen LogP contribution in [0.1, 0.15) is 9.67 Å². The lowest BCUT2D eigenvalue weighted by Gasteiger charge is -2.31. The standard InChI is InChI=1S/C16H14N2O3S/c1-21-12-6-4-11(5-7-12)18-13(8-9-17-16(18)20)15(19)14-3-2-10-22-14/h2-10,13H,1H3,(H,17,20). The Morgan fingerprint density at radius 1 is 1.27 bits per heavy atom. The number of hydrogen-bond donors (Lipinski definition) is 1. The van der Waals surface area contributed by atoms with Gasteiger partial charge in [-0.2, -0.15) is 0 Å². The lowest BCUT2D eigenvalue weighted by molar-refractivity contribution is 0.0978. The molecule has 2 amide bonds. The molecule has 112 valence electrons. The molecule has 6 heteroatoms. The molecule has 2 aromatic rings. The minimum Gasteiger partial charge on any atom is -0.497 e. The number of methoxy groups -OCH3 is 1. The van der Waals surface area contributed by atoms with Crippen molar-refractivity contribution in [2.45, 2.75) is 6.04 Å². The molecule has 0 fully saturated rings. The Balaban J connectivity index is 1.96. The monoisotopic (exact) mass is 314 g/mol. The fourth-order valence-electron chi connectivity index (χ4n) is 2.28. The molecule has 22 heavy (non-hydrogen) atoms. The highest BCUT2D eigenvalue weighted by molar-refractivity contribution is 7.12. The summed E-state index contributed by atoms with van der Waals surface area (Å²) >= 11 is 1.37. The molecule has 0 saturated heterocycles. The molecule has 1 aliphatic heterocycles. The van der Waals surface area contributed by atoms with Gasteiger partial charge in [-0.3, -0.25) is 9.69 Å². The summed E-state index contributed by atoms with van der Waals surface area (Å²) < 4.78 is 5.12. The summed E-state index contributed by atoms with van der Waals surface area (Å²) in [5, 5.41) is 4.46. The van der Waals surface area contributed by atoms with Crippen LogP contribution in [0.4, 0.5) is 10.5 Å². The summed E-state index contributed by atoms with van der Waals surface area (Å²) in [6.07, 6.45) is 3.20. The molecule has 3 rings (SSSR count). The molecule has 1 N–H and O–H groups in total. The van der Waals surface area contributed by atoms with Gasteiger partial charge in [-0.15, -0.1) is 11.3 Å². The third kappa shape index (κ3) is 2.60. The van der Waals surface area contributed by atoms with Crippen LogP contribution in [0, 0.1) is 0 Å². The van der Waals surface area contributed by atoms with Crippen molar-refractivity contribution >= 4 is 28.8 Å². The smallest absolute Gasteiger partial charge is 0.326 e. The van der Waals surface area contributed by atoms with E-state index in [1.165, 1.54) is 22.4 Å². The number of ketones is 1. The van der Waals surface area contributed by atoms with E-state index in [1.54, 1.807) is 43.5 Å². The zero-order valence-electron chi connectivity index (χ0n) is 11.9. The van der Waals surface area contributed by atoms with Crippen LogP contribution >= 0.6 is 11.3 Å². The largest absolute Gasteiger partial charge is 0.497 e. The number of hydrogen-bond acceptors (Lipinski definition) is 4. The molecule has 1 unspecified atom stereocenters. The van der Waals surface area contributed by atoms with Gasteiger partial charge in [0.05, 0.1) is 12.0 Å². The Morgan fingerprint density at radius 3 is 2.68 bits per heavy atom. The van der Waals surface area contributed by atoms with Gasteiger partial charge < -0.3 is 10.1 Å². The second-order valence-corrected chi connectivity index (χ2v) is 5.61. The lowest BCUT2D eigenvalue weighted by atomic mass is 10.1. The second-order valence-electron chi connectivity index (χ2n) is 4.66. The summed E-state index contributed by atoms with van der Waals surface area (Å²) in [6, 6.07) is 9.63. The van der Waals surface area contributed by atoms with Crippen LogP contribution in [0.3, 0.4) is 0 Å². The number of rotatable bonds is 4. The number of thiophene rings is 1.